The number of carbonyl (C=O) groups excluding carboxylic acids is 3. The number of rotatable bonds is 6. The van der Waals surface area contributed by atoms with Crippen molar-refractivity contribution in [3.63, 3.8) is 0 Å². The maximum Gasteiger partial charge on any atom is 0.325 e. The number of nitrogens with one attached hydrogen (secondary N) is 2. The first-order valence-corrected chi connectivity index (χ1v) is 9.04. The molecule has 2 heterocycles. The number of urea groups is 1. The van der Waals surface area contributed by atoms with Crippen molar-refractivity contribution in [2.45, 2.75) is 25.4 Å². The Kier molecular flexibility index (Phi) is 4.80. The Bertz CT molecular complexity index is 1020. The van der Waals surface area contributed by atoms with E-state index >= 15 is 0 Å². The van der Waals surface area contributed by atoms with E-state index < -0.39 is 12.1 Å². The van der Waals surface area contributed by atoms with Crippen LogP contribution in [0, 0.1) is 0 Å². The van der Waals surface area contributed by atoms with Gasteiger partial charge in [-0.25, -0.2) is 4.79 Å². The van der Waals surface area contributed by atoms with Crippen LogP contribution in [0.2, 0.25) is 0 Å². The molecular formula is C21H19N3O4. The molecule has 7 heteroatoms. The summed E-state index contributed by atoms with van der Waals surface area (Å²) in [4.78, 5) is 38.0. The van der Waals surface area contributed by atoms with Crippen molar-refractivity contribution in [3.05, 3.63) is 66.6 Å². The Balaban J connectivity index is 1.36. The van der Waals surface area contributed by atoms with Crippen LogP contribution in [0.3, 0.4) is 0 Å². The highest BCUT2D eigenvalue weighted by molar-refractivity contribution is 6.05. The second-order valence-electron chi connectivity index (χ2n) is 6.62. The number of hydrogen-bond donors (Lipinski definition) is 2. The lowest BCUT2D eigenvalue weighted by molar-refractivity contribution is -0.128. The van der Waals surface area contributed by atoms with E-state index in [1.165, 1.54) is 6.26 Å². The van der Waals surface area contributed by atoms with Crippen LogP contribution >= 0.6 is 0 Å². The lowest BCUT2D eigenvalue weighted by atomic mass is 10.1. The van der Waals surface area contributed by atoms with E-state index in [2.05, 4.69) is 10.6 Å². The van der Waals surface area contributed by atoms with Gasteiger partial charge >= 0.3 is 6.03 Å². The molecule has 4 rings (SSSR count). The predicted octanol–water partition coefficient (Wildman–Crippen LogP) is 3.27. The average Bonchev–Trinajstić information content (AvgIpc) is 3.30. The van der Waals surface area contributed by atoms with Crippen LogP contribution in [-0.2, 0) is 16.1 Å². The number of benzene rings is 2. The predicted molar refractivity (Wildman–Crippen MR) is 103 cm³/mol. The van der Waals surface area contributed by atoms with E-state index in [1.807, 2.05) is 42.5 Å². The monoisotopic (exact) mass is 377 g/mol. The van der Waals surface area contributed by atoms with Crippen LogP contribution in [0.1, 0.15) is 18.6 Å². The number of fused-ring (bicyclic) bond motifs is 1. The largest absolute Gasteiger partial charge is 0.467 e. The lowest BCUT2D eigenvalue weighted by Crippen LogP contribution is -2.31. The van der Waals surface area contributed by atoms with Crippen LogP contribution in [0.5, 0.6) is 0 Å². The van der Waals surface area contributed by atoms with Crippen molar-refractivity contribution in [1.82, 2.24) is 10.2 Å². The molecule has 4 amide bonds. The smallest absolute Gasteiger partial charge is 0.325 e. The maximum absolute atomic E-state index is 12.5. The van der Waals surface area contributed by atoms with E-state index in [9.17, 15) is 14.4 Å². The van der Waals surface area contributed by atoms with Gasteiger partial charge in [0, 0.05) is 17.5 Å². The van der Waals surface area contributed by atoms with Gasteiger partial charge in [0.05, 0.1) is 12.8 Å². The summed E-state index contributed by atoms with van der Waals surface area (Å²) in [5, 5.41) is 7.51. The SMILES string of the molecule is O=C(CC[C@H]1NC(=O)N(Cc2ccco2)C1=O)Nc1cccc2ccccc12. The number of hydrogen-bond acceptors (Lipinski definition) is 4. The molecule has 28 heavy (non-hydrogen) atoms. The molecule has 1 aromatic heterocycles. The molecule has 1 saturated heterocycles. The van der Waals surface area contributed by atoms with Gasteiger partial charge in [0.15, 0.2) is 0 Å². The van der Waals surface area contributed by atoms with Crippen LogP contribution < -0.4 is 10.6 Å². The zero-order valence-corrected chi connectivity index (χ0v) is 15.1. The molecule has 0 aliphatic carbocycles. The van der Waals surface area contributed by atoms with Crippen LogP contribution in [0.4, 0.5) is 10.5 Å². The highest BCUT2D eigenvalue weighted by Gasteiger charge is 2.38. The summed E-state index contributed by atoms with van der Waals surface area (Å²) in [6.45, 7) is 0.0797. The first kappa shape index (κ1) is 17.8. The van der Waals surface area contributed by atoms with Crippen LogP contribution in [0.15, 0.2) is 65.3 Å². The van der Waals surface area contributed by atoms with Crippen molar-refractivity contribution < 1.29 is 18.8 Å². The third-order valence-electron chi connectivity index (χ3n) is 4.72. The first-order chi connectivity index (χ1) is 13.6. The molecule has 0 spiro atoms. The average molecular weight is 377 g/mol. The highest BCUT2D eigenvalue weighted by Crippen LogP contribution is 2.23. The molecule has 2 aromatic carbocycles. The van der Waals surface area contributed by atoms with E-state index in [0.29, 0.717) is 5.76 Å². The zero-order valence-electron chi connectivity index (χ0n) is 15.1. The number of imide groups is 1. The third-order valence-corrected chi connectivity index (χ3v) is 4.72. The number of furan rings is 1. The molecule has 1 aliphatic heterocycles. The normalized spacial score (nSPS) is 16.4. The van der Waals surface area contributed by atoms with Crippen molar-refractivity contribution >= 4 is 34.3 Å². The number of anilines is 1. The van der Waals surface area contributed by atoms with E-state index in [4.69, 9.17) is 4.42 Å². The molecule has 1 fully saturated rings. The van der Waals surface area contributed by atoms with E-state index in [1.54, 1.807) is 12.1 Å². The van der Waals surface area contributed by atoms with Gasteiger partial charge in [0.25, 0.3) is 5.91 Å². The van der Waals surface area contributed by atoms with Gasteiger partial charge in [-0.15, -0.1) is 0 Å². The first-order valence-electron chi connectivity index (χ1n) is 9.04. The molecule has 2 N–H and O–H groups in total. The van der Waals surface area contributed by atoms with Gasteiger partial charge in [-0.2, -0.15) is 0 Å². The molecule has 1 atom stereocenters. The summed E-state index contributed by atoms with van der Waals surface area (Å²) in [6, 6.07) is 15.7. The maximum atomic E-state index is 12.5. The molecular weight excluding hydrogens is 358 g/mol. The Morgan fingerprint density at radius 3 is 2.71 bits per heavy atom. The Hall–Kier alpha value is -3.61. The van der Waals surface area contributed by atoms with Gasteiger partial charge in [0.1, 0.15) is 11.8 Å². The summed E-state index contributed by atoms with van der Waals surface area (Å²) in [6.07, 6.45) is 1.84. The molecule has 0 saturated carbocycles. The second kappa shape index (κ2) is 7.56. The fourth-order valence-corrected chi connectivity index (χ4v) is 3.30. The summed E-state index contributed by atoms with van der Waals surface area (Å²) in [5.74, 6) is -0.0277. The Morgan fingerprint density at radius 1 is 1.07 bits per heavy atom. The fourth-order valence-electron chi connectivity index (χ4n) is 3.30. The van der Waals surface area contributed by atoms with E-state index in [-0.39, 0.29) is 31.2 Å². The topological polar surface area (TPSA) is 91.7 Å². The number of amides is 4. The van der Waals surface area contributed by atoms with Crippen molar-refractivity contribution in [1.29, 1.82) is 0 Å². The van der Waals surface area contributed by atoms with Gasteiger partial charge in [-0.3, -0.25) is 14.5 Å². The minimum absolute atomic E-state index is 0.0797. The third kappa shape index (κ3) is 3.59. The zero-order chi connectivity index (χ0) is 19.5. The van der Waals surface area contributed by atoms with E-state index in [0.717, 1.165) is 21.4 Å². The fraction of sp³-hybridized carbons (Fsp3) is 0.190. The summed E-state index contributed by atoms with van der Waals surface area (Å²) < 4.78 is 5.19. The summed E-state index contributed by atoms with van der Waals surface area (Å²) in [5.41, 5.74) is 0.726. The van der Waals surface area contributed by atoms with Gasteiger partial charge < -0.3 is 15.1 Å². The van der Waals surface area contributed by atoms with Crippen LogP contribution in [-0.4, -0.2) is 28.8 Å². The summed E-state index contributed by atoms with van der Waals surface area (Å²) >= 11 is 0. The molecule has 7 nitrogen and oxygen atoms in total. The van der Waals surface area contributed by atoms with Gasteiger partial charge in [0.2, 0.25) is 5.91 Å². The molecule has 3 aromatic rings. The standard InChI is InChI=1S/C21H19N3O4/c25-19(22-17-9-3-6-14-5-1-2-8-16(14)17)11-10-18-20(26)24(21(27)23-18)13-15-7-4-12-28-15/h1-9,12,18H,10-11,13H2,(H,22,25)(H,23,27)/t18-/m1/s1. The molecule has 142 valence electrons. The molecule has 1 aliphatic rings. The number of carbonyl (C=O) groups is 3. The molecule has 0 radical (unpaired) electrons. The van der Waals surface area contributed by atoms with Crippen molar-refractivity contribution in [3.8, 4) is 0 Å². The minimum atomic E-state index is -0.708. The molecule has 0 bridgehead atoms. The Labute approximate surface area is 161 Å². The summed E-state index contributed by atoms with van der Waals surface area (Å²) in [7, 11) is 0. The highest BCUT2D eigenvalue weighted by atomic mass is 16.3. The second-order valence-corrected chi connectivity index (χ2v) is 6.62. The minimum Gasteiger partial charge on any atom is -0.467 e. The van der Waals surface area contributed by atoms with Gasteiger partial charge in [-0.05, 0) is 30.0 Å². The Morgan fingerprint density at radius 2 is 1.89 bits per heavy atom. The van der Waals surface area contributed by atoms with Gasteiger partial charge in [-0.1, -0.05) is 36.4 Å². The van der Waals surface area contributed by atoms with Crippen molar-refractivity contribution in [2.24, 2.45) is 0 Å². The lowest BCUT2D eigenvalue weighted by Gasteiger charge is -2.12. The molecule has 0 unspecified atom stereocenters. The quantitative estimate of drug-likeness (QED) is 0.645. The number of nitrogens with zero attached hydrogens (tertiary/aromatic N) is 1. The van der Waals surface area contributed by atoms with Crippen molar-refractivity contribution in [2.75, 3.05) is 5.32 Å². The van der Waals surface area contributed by atoms with Crippen LogP contribution in [0.25, 0.3) is 10.8 Å².